The van der Waals surface area contributed by atoms with Gasteiger partial charge in [-0.25, -0.2) is 13.6 Å². The number of nitrogens with zero attached hydrogens (tertiary/aromatic N) is 1. The first-order valence-corrected chi connectivity index (χ1v) is 10.6. The minimum absolute atomic E-state index is 0.0358. The molecule has 30 heavy (non-hydrogen) atoms. The molecule has 0 atom stereocenters. The van der Waals surface area contributed by atoms with Gasteiger partial charge < -0.3 is 11.1 Å². The van der Waals surface area contributed by atoms with E-state index in [9.17, 15) is 18.4 Å². The first kappa shape index (κ1) is 22.0. The fourth-order valence-corrected chi connectivity index (χ4v) is 4.44. The third kappa shape index (κ3) is 5.68. The van der Waals surface area contributed by atoms with E-state index in [1.165, 1.54) is 17.8 Å². The number of hydrogen-bond donors (Lipinski definition) is 3. The maximum absolute atomic E-state index is 13.2. The lowest BCUT2D eigenvalue weighted by atomic mass is 10.2. The average Bonchev–Trinajstić information content (AvgIpc) is 3.11. The van der Waals surface area contributed by atoms with Gasteiger partial charge in [0.25, 0.3) is 5.91 Å². The molecular formula is C19H15ClF2N4O2S2. The van der Waals surface area contributed by atoms with Gasteiger partial charge in [0.15, 0.2) is 11.6 Å². The molecule has 156 valence electrons. The summed E-state index contributed by atoms with van der Waals surface area (Å²) in [7, 11) is 0. The summed E-state index contributed by atoms with van der Waals surface area (Å²) in [5.41, 5.74) is 6.94. The van der Waals surface area contributed by atoms with Crippen molar-refractivity contribution in [2.75, 3.05) is 5.32 Å². The van der Waals surface area contributed by atoms with Gasteiger partial charge in [0.2, 0.25) is 0 Å². The molecule has 3 aromatic rings. The number of primary amides is 1. The van der Waals surface area contributed by atoms with E-state index in [4.69, 9.17) is 17.3 Å². The molecule has 1 heterocycles. The SMILES string of the molecule is NC(=O)c1c(SCc2ccc(Cl)cc2)nsc1NC(=O)NCc1ccc(F)c(F)c1. The molecule has 3 rings (SSSR count). The van der Waals surface area contributed by atoms with Crippen LogP contribution < -0.4 is 16.4 Å². The smallest absolute Gasteiger partial charge is 0.320 e. The molecule has 0 saturated heterocycles. The van der Waals surface area contributed by atoms with Crippen molar-refractivity contribution >= 4 is 51.8 Å². The second-order valence-corrected chi connectivity index (χ2v) is 8.20. The summed E-state index contributed by atoms with van der Waals surface area (Å²) in [4.78, 5) is 24.0. The number of amides is 3. The molecule has 4 N–H and O–H groups in total. The molecule has 0 aliphatic carbocycles. The molecule has 0 fully saturated rings. The first-order valence-electron chi connectivity index (χ1n) is 8.49. The normalized spacial score (nSPS) is 10.6. The summed E-state index contributed by atoms with van der Waals surface area (Å²) in [6.07, 6.45) is 0. The Labute approximate surface area is 184 Å². The van der Waals surface area contributed by atoms with Gasteiger partial charge in [-0.1, -0.05) is 41.6 Å². The molecule has 0 aliphatic heterocycles. The van der Waals surface area contributed by atoms with Crippen LogP contribution in [0, 0.1) is 11.6 Å². The number of nitrogens with one attached hydrogen (secondary N) is 2. The Kier molecular flexibility index (Phi) is 7.24. The van der Waals surface area contributed by atoms with Gasteiger partial charge in [0, 0.05) is 17.3 Å². The molecule has 2 aromatic carbocycles. The van der Waals surface area contributed by atoms with E-state index in [-0.39, 0.29) is 17.1 Å². The predicted molar refractivity (Wildman–Crippen MR) is 114 cm³/mol. The fourth-order valence-electron chi connectivity index (χ4n) is 2.39. The van der Waals surface area contributed by atoms with Crippen molar-refractivity contribution in [3.8, 4) is 0 Å². The number of aromatic nitrogens is 1. The molecule has 0 aliphatic rings. The van der Waals surface area contributed by atoms with Crippen LogP contribution in [0.2, 0.25) is 5.02 Å². The molecule has 11 heteroatoms. The zero-order valence-electron chi connectivity index (χ0n) is 15.2. The molecule has 0 spiro atoms. The van der Waals surface area contributed by atoms with Gasteiger partial charge in [0.1, 0.15) is 15.6 Å². The van der Waals surface area contributed by atoms with Crippen molar-refractivity contribution in [3.05, 3.63) is 75.8 Å². The van der Waals surface area contributed by atoms with Crippen molar-refractivity contribution in [1.82, 2.24) is 9.69 Å². The number of carbonyl (C=O) groups is 2. The Balaban J connectivity index is 1.63. The molecular weight excluding hydrogens is 454 g/mol. The van der Waals surface area contributed by atoms with Crippen molar-refractivity contribution < 1.29 is 18.4 Å². The number of rotatable bonds is 7. The van der Waals surface area contributed by atoms with Crippen LogP contribution in [0.25, 0.3) is 0 Å². The predicted octanol–water partition coefficient (Wildman–Crippen LogP) is 4.79. The van der Waals surface area contributed by atoms with Crippen LogP contribution in [0.4, 0.5) is 18.6 Å². The number of thioether (sulfide) groups is 1. The van der Waals surface area contributed by atoms with Crippen molar-refractivity contribution in [2.45, 2.75) is 17.3 Å². The second kappa shape index (κ2) is 9.88. The number of halogens is 3. The largest absolute Gasteiger partial charge is 0.365 e. The minimum atomic E-state index is -1.00. The highest BCUT2D eigenvalue weighted by Gasteiger charge is 2.21. The zero-order chi connectivity index (χ0) is 21.7. The van der Waals surface area contributed by atoms with Gasteiger partial charge in [-0.3, -0.25) is 10.1 Å². The van der Waals surface area contributed by atoms with E-state index in [0.29, 0.717) is 21.4 Å². The van der Waals surface area contributed by atoms with Crippen molar-refractivity contribution in [2.24, 2.45) is 5.73 Å². The zero-order valence-corrected chi connectivity index (χ0v) is 17.6. The van der Waals surface area contributed by atoms with Crippen LogP contribution in [-0.4, -0.2) is 16.3 Å². The van der Waals surface area contributed by atoms with E-state index in [1.807, 2.05) is 12.1 Å². The van der Waals surface area contributed by atoms with E-state index in [2.05, 4.69) is 15.0 Å². The highest BCUT2D eigenvalue weighted by atomic mass is 35.5. The van der Waals surface area contributed by atoms with E-state index < -0.39 is 23.6 Å². The topological polar surface area (TPSA) is 97.1 Å². The maximum atomic E-state index is 13.2. The van der Waals surface area contributed by atoms with Crippen molar-refractivity contribution in [1.29, 1.82) is 0 Å². The quantitative estimate of drug-likeness (QED) is 0.434. The van der Waals surface area contributed by atoms with Crippen LogP contribution in [0.3, 0.4) is 0 Å². The Morgan fingerprint density at radius 3 is 2.47 bits per heavy atom. The Morgan fingerprint density at radius 1 is 1.10 bits per heavy atom. The number of benzene rings is 2. The number of urea groups is 1. The van der Waals surface area contributed by atoms with Gasteiger partial charge in [-0.2, -0.15) is 4.37 Å². The third-order valence-corrected chi connectivity index (χ3v) is 6.04. The summed E-state index contributed by atoms with van der Waals surface area (Å²) in [6, 6.07) is 9.92. The van der Waals surface area contributed by atoms with Gasteiger partial charge in [-0.05, 0) is 46.9 Å². The Hall–Kier alpha value is -2.69. The lowest BCUT2D eigenvalue weighted by Crippen LogP contribution is -2.29. The van der Waals surface area contributed by atoms with E-state index >= 15 is 0 Å². The number of nitrogens with two attached hydrogens (primary N) is 1. The van der Waals surface area contributed by atoms with Crippen LogP contribution in [0.15, 0.2) is 47.5 Å². The highest BCUT2D eigenvalue weighted by Crippen LogP contribution is 2.33. The molecule has 0 saturated carbocycles. The van der Waals surface area contributed by atoms with Crippen LogP contribution in [-0.2, 0) is 12.3 Å². The lowest BCUT2D eigenvalue weighted by Gasteiger charge is -2.08. The van der Waals surface area contributed by atoms with E-state index in [0.717, 1.165) is 29.2 Å². The summed E-state index contributed by atoms with van der Waals surface area (Å²) >= 11 is 8.09. The van der Waals surface area contributed by atoms with Crippen LogP contribution in [0.1, 0.15) is 21.5 Å². The van der Waals surface area contributed by atoms with Gasteiger partial charge in [-0.15, -0.1) is 0 Å². The molecule has 0 unspecified atom stereocenters. The van der Waals surface area contributed by atoms with Crippen molar-refractivity contribution in [3.63, 3.8) is 0 Å². The Morgan fingerprint density at radius 2 is 1.80 bits per heavy atom. The molecule has 6 nitrogen and oxygen atoms in total. The summed E-state index contributed by atoms with van der Waals surface area (Å²) < 4.78 is 30.4. The molecule has 3 amide bonds. The lowest BCUT2D eigenvalue weighted by molar-refractivity contribution is 0.0998. The van der Waals surface area contributed by atoms with Gasteiger partial charge >= 0.3 is 6.03 Å². The molecule has 1 aromatic heterocycles. The molecule has 0 radical (unpaired) electrons. The maximum Gasteiger partial charge on any atom is 0.320 e. The standard InChI is InChI=1S/C19H15ClF2N4O2S2/c20-12-4-1-10(2-5-12)9-29-18-15(16(23)27)17(30-26-18)25-19(28)24-8-11-3-6-13(21)14(22)7-11/h1-7H,8-9H2,(H2,23,27)(H2,24,25,28). The average molecular weight is 469 g/mol. The Bertz CT molecular complexity index is 1080. The first-order chi connectivity index (χ1) is 14.3. The summed E-state index contributed by atoms with van der Waals surface area (Å²) in [5.74, 6) is -2.17. The number of carbonyl (C=O) groups excluding carboxylic acids is 2. The van der Waals surface area contributed by atoms with Crippen LogP contribution >= 0.6 is 34.9 Å². The number of hydrogen-bond acceptors (Lipinski definition) is 5. The summed E-state index contributed by atoms with van der Waals surface area (Å²) in [6.45, 7) is -0.0358. The minimum Gasteiger partial charge on any atom is -0.365 e. The summed E-state index contributed by atoms with van der Waals surface area (Å²) in [5, 5.41) is 6.24. The fraction of sp³-hybridized carbons (Fsp3) is 0.105. The monoisotopic (exact) mass is 468 g/mol. The number of anilines is 1. The van der Waals surface area contributed by atoms with E-state index in [1.54, 1.807) is 12.1 Å². The second-order valence-electron chi connectivity index (χ2n) is 6.03. The highest BCUT2D eigenvalue weighted by molar-refractivity contribution is 7.98. The van der Waals surface area contributed by atoms with Gasteiger partial charge in [0.05, 0.1) is 0 Å². The van der Waals surface area contributed by atoms with Crippen LogP contribution in [0.5, 0.6) is 0 Å². The third-order valence-electron chi connectivity index (χ3n) is 3.86. The molecule has 0 bridgehead atoms.